The average Bonchev–Trinajstić information content (AvgIpc) is 2.61. The molecule has 1 aromatic rings. The zero-order valence-electron chi connectivity index (χ0n) is 15.7. The number of ether oxygens (including phenoxy) is 1. The van der Waals surface area contributed by atoms with Crippen LogP contribution >= 0.6 is 24.0 Å². The first-order valence-corrected chi connectivity index (χ1v) is 9.02. The Balaban J connectivity index is 0.00000312. The summed E-state index contributed by atoms with van der Waals surface area (Å²) in [6.07, 6.45) is 3.87. The van der Waals surface area contributed by atoms with E-state index in [4.69, 9.17) is 10.5 Å². The Hall–Kier alpha value is -1.02. The minimum atomic E-state index is 0. The Morgan fingerprint density at radius 3 is 2.40 bits per heavy atom. The van der Waals surface area contributed by atoms with E-state index in [-0.39, 0.29) is 24.0 Å². The highest BCUT2D eigenvalue weighted by atomic mass is 127. The normalized spacial score (nSPS) is 17.0. The second-order valence-electron chi connectivity index (χ2n) is 6.89. The number of halogens is 1. The van der Waals surface area contributed by atoms with Crippen LogP contribution in [-0.4, -0.2) is 44.1 Å². The van der Waals surface area contributed by atoms with Crippen LogP contribution in [0.25, 0.3) is 0 Å². The molecule has 0 aromatic heterocycles. The van der Waals surface area contributed by atoms with Gasteiger partial charge in [-0.05, 0) is 49.5 Å². The zero-order valence-corrected chi connectivity index (χ0v) is 18.0. The van der Waals surface area contributed by atoms with Gasteiger partial charge in [0.15, 0.2) is 5.96 Å². The lowest BCUT2D eigenvalue weighted by Gasteiger charge is -2.35. The van der Waals surface area contributed by atoms with Crippen molar-refractivity contribution >= 4 is 29.9 Å². The Kier molecular flexibility index (Phi) is 10.2. The number of hydrogen-bond acceptors (Lipinski definition) is 3. The van der Waals surface area contributed by atoms with Crippen LogP contribution in [0.3, 0.4) is 0 Å². The fraction of sp³-hybridized carbons (Fsp3) is 0.632. The Morgan fingerprint density at radius 2 is 1.84 bits per heavy atom. The standard InChI is InChI=1S/C19H32N4O.HI/c1-15(2)13-21-19(20)22-14-18(23-11-5-4-6-12-23)16-7-9-17(24-3)10-8-16;/h7-10,15,18H,4-6,11-14H2,1-3H3,(H3,20,21,22);1H. The van der Waals surface area contributed by atoms with Crippen LogP contribution < -0.4 is 15.8 Å². The van der Waals surface area contributed by atoms with Gasteiger partial charge in [0.25, 0.3) is 0 Å². The molecule has 5 nitrogen and oxygen atoms in total. The van der Waals surface area contributed by atoms with E-state index in [9.17, 15) is 0 Å². The molecule has 0 saturated carbocycles. The average molecular weight is 460 g/mol. The quantitative estimate of drug-likeness (QED) is 0.372. The van der Waals surface area contributed by atoms with Gasteiger partial charge in [0, 0.05) is 13.1 Å². The summed E-state index contributed by atoms with van der Waals surface area (Å²) in [6, 6.07) is 8.68. The minimum Gasteiger partial charge on any atom is -0.497 e. The second kappa shape index (κ2) is 11.6. The Labute approximate surface area is 169 Å². The van der Waals surface area contributed by atoms with Crippen LogP contribution in [0.4, 0.5) is 0 Å². The molecule has 1 aliphatic rings. The van der Waals surface area contributed by atoms with Crippen molar-refractivity contribution in [1.82, 2.24) is 10.2 Å². The molecule has 1 saturated heterocycles. The molecule has 6 heteroatoms. The lowest BCUT2D eigenvalue weighted by atomic mass is 10.0. The van der Waals surface area contributed by atoms with Gasteiger partial charge in [-0.3, -0.25) is 9.89 Å². The molecule has 1 aliphatic heterocycles. The summed E-state index contributed by atoms with van der Waals surface area (Å²) >= 11 is 0. The maximum Gasteiger partial charge on any atom is 0.188 e. The van der Waals surface area contributed by atoms with Crippen LogP contribution in [0.1, 0.15) is 44.7 Å². The zero-order chi connectivity index (χ0) is 17.4. The van der Waals surface area contributed by atoms with Gasteiger partial charge in [0.1, 0.15) is 5.75 Å². The Bertz CT molecular complexity index is 513. The third-order valence-corrected chi connectivity index (χ3v) is 4.44. The van der Waals surface area contributed by atoms with Gasteiger partial charge in [-0.1, -0.05) is 32.4 Å². The van der Waals surface area contributed by atoms with Crippen molar-refractivity contribution in [3.8, 4) is 5.75 Å². The van der Waals surface area contributed by atoms with Crippen LogP contribution in [0.15, 0.2) is 29.3 Å². The van der Waals surface area contributed by atoms with Crippen LogP contribution in [0.2, 0.25) is 0 Å². The highest BCUT2D eigenvalue weighted by Gasteiger charge is 2.22. The number of likely N-dealkylation sites (tertiary alicyclic amines) is 1. The number of methoxy groups -OCH3 is 1. The van der Waals surface area contributed by atoms with Crippen molar-refractivity contribution in [3.63, 3.8) is 0 Å². The van der Waals surface area contributed by atoms with E-state index < -0.39 is 0 Å². The molecule has 2 rings (SSSR count). The fourth-order valence-electron chi connectivity index (χ4n) is 3.05. The first-order valence-electron chi connectivity index (χ1n) is 9.02. The van der Waals surface area contributed by atoms with Crippen LogP contribution in [0.5, 0.6) is 5.75 Å². The summed E-state index contributed by atoms with van der Waals surface area (Å²) in [5.74, 6) is 1.95. The summed E-state index contributed by atoms with van der Waals surface area (Å²) in [6.45, 7) is 8.10. The third kappa shape index (κ3) is 7.40. The number of hydrogen-bond donors (Lipinski definition) is 2. The van der Waals surface area contributed by atoms with Crippen molar-refractivity contribution in [2.45, 2.75) is 39.2 Å². The number of benzene rings is 1. The predicted molar refractivity (Wildman–Crippen MR) is 116 cm³/mol. The molecule has 142 valence electrons. The Morgan fingerprint density at radius 1 is 1.20 bits per heavy atom. The van der Waals surface area contributed by atoms with Gasteiger partial charge in [0.2, 0.25) is 0 Å². The van der Waals surface area contributed by atoms with E-state index in [2.05, 4.69) is 41.2 Å². The molecule has 25 heavy (non-hydrogen) atoms. The number of nitrogens with one attached hydrogen (secondary N) is 1. The van der Waals surface area contributed by atoms with Crippen molar-refractivity contribution in [3.05, 3.63) is 29.8 Å². The lowest BCUT2D eigenvalue weighted by molar-refractivity contribution is 0.164. The molecule has 0 amide bonds. The van der Waals surface area contributed by atoms with Gasteiger partial charge < -0.3 is 15.8 Å². The summed E-state index contributed by atoms with van der Waals surface area (Å²) in [5, 5.41) is 3.32. The van der Waals surface area contributed by atoms with Gasteiger partial charge in [-0.15, -0.1) is 24.0 Å². The summed E-state index contributed by atoms with van der Waals surface area (Å²) < 4.78 is 5.28. The van der Waals surface area contributed by atoms with Crippen molar-refractivity contribution in [2.24, 2.45) is 16.6 Å². The largest absolute Gasteiger partial charge is 0.497 e. The number of nitrogens with zero attached hydrogens (tertiary/aromatic N) is 2. The molecular weight excluding hydrogens is 427 g/mol. The molecule has 1 aromatic carbocycles. The molecule has 1 atom stereocenters. The van der Waals surface area contributed by atoms with Crippen LogP contribution in [-0.2, 0) is 0 Å². The highest BCUT2D eigenvalue weighted by Crippen LogP contribution is 2.25. The van der Waals surface area contributed by atoms with E-state index in [0.717, 1.165) is 31.9 Å². The van der Waals surface area contributed by atoms with Gasteiger partial charge in [0.05, 0.1) is 13.2 Å². The molecule has 0 aliphatic carbocycles. The summed E-state index contributed by atoms with van der Waals surface area (Å²) in [7, 11) is 1.70. The van der Waals surface area contributed by atoms with Gasteiger partial charge in [-0.2, -0.15) is 0 Å². The minimum absolute atomic E-state index is 0. The molecule has 1 unspecified atom stereocenters. The predicted octanol–water partition coefficient (Wildman–Crippen LogP) is 3.40. The first-order chi connectivity index (χ1) is 11.6. The first kappa shape index (κ1) is 22.0. The molecule has 1 heterocycles. The maximum absolute atomic E-state index is 6.02. The van der Waals surface area contributed by atoms with E-state index >= 15 is 0 Å². The lowest BCUT2D eigenvalue weighted by Crippen LogP contribution is -2.42. The maximum atomic E-state index is 6.02. The van der Waals surface area contributed by atoms with Crippen molar-refractivity contribution in [2.75, 3.05) is 33.3 Å². The van der Waals surface area contributed by atoms with E-state index in [0.29, 0.717) is 17.9 Å². The topological polar surface area (TPSA) is 62.9 Å². The molecule has 0 spiro atoms. The van der Waals surface area contributed by atoms with E-state index in [1.807, 2.05) is 12.1 Å². The molecule has 0 bridgehead atoms. The monoisotopic (exact) mass is 460 g/mol. The number of piperidine rings is 1. The number of nitrogens with two attached hydrogens (primary N) is 1. The SMILES string of the molecule is COc1ccc(C(CNC(N)=NCC(C)C)N2CCCCC2)cc1.I. The second-order valence-corrected chi connectivity index (χ2v) is 6.89. The fourth-order valence-corrected chi connectivity index (χ4v) is 3.05. The third-order valence-electron chi connectivity index (χ3n) is 4.44. The summed E-state index contributed by atoms with van der Waals surface area (Å²) in [5.41, 5.74) is 7.32. The smallest absolute Gasteiger partial charge is 0.188 e. The highest BCUT2D eigenvalue weighted by molar-refractivity contribution is 14.0. The number of guanidine groups is 1. The van der Waals surface area contributed by atoms with Crippen molar-refractivity contribution < 1.29 is 4.74 Å². The summed E-state index contributed by atoms with van der Waals surface area (Å²) in [4.78, 5) is 6.96. The molecule has 3 N–H and O–H groups in total. The van der Waals surface area contributed by atoms with Gasteiger partial charge in [-0.25, -0.2) is 0 Å². The molecular formula is C19H33IN4O. The van der Waals surface area contributed by atoms with E-state index in [1.54, 1.807) is 7.11 Å². The van der Waals surface area contributed by atoms with Gasteiger partial charge >= 0.3 is 0 Å². The number of aliphatic imine (C=N–C) groups is 1. The molecule has 1 fully saturated rings. The van der Waals surface area contributed by atoms with E-state index in [1.165, 1.54) is 24.8 Å². The number of rotatable bonds is 7. The molecule has 0 radical (unpaired) electrons. The van der Waals surface area contributed by atoms with Crippen LogP contribution in [0, 0.1) is 5.92 Å². The van der Waals surface area contributed by atoms with Crippen molar-refractivity contribution in [1.29, 1.82) is 0 Å².